The van der Waals surface area contributed by atoms with Crippen LogP contribution in [0.5, 0.6) is 5.88 Å². The minimum absolute atomic E-state index is 0.178. The number of ether oxygens (including phenoxy) is 3. The summed E-state index contributed by atoms with van der Waals surface area (Å²) in [6.07, 6.45) is 6.90. The molecule has 1 atom stereocenters. The van der Waals surface area contributed by atoms with E-state index in [2.05, 4.69) is 32.1 Å². The molecule has 4 heterocycles. The third-order valence-electron chi connectivity index (χ3n) is 6.41. The zero-order valence-electron chi connectivity index (χ0n) is 21.4. The Morgan fingerprint density at radius 1 is 1.11 bits per heavy atom. The van der Waals surface area contributed by atoms with Gasteiger partial charge in [-0.2, -0.15) is 0 Å². The maximum atomic E-state index is 13.5. The Labute approximate surface area is 211 Å². The molecule has 1 saturated heterocycles. The van der Waals surface area contributed by atoms with Gasteiger partial charge < -0.3 is 19.5 Å². The first kappa shape index (κ1) is 26.0. The fraction of sp³-hybridized carbons (Fsp3) is 0.538. The molecular formula is C26H36N6O4. The highest BCUT2D eigenvalue weighted by Gasteiger charge is 2.19. The number of rotatable bonds is 12. The van der Waals surface area contributed by atoms with Gasteiger partial charge in [-0.15, -0.1) is 0 Å². The van der Waals surface area contributed by atoms with Gasteiger partial charge in [-0.25, -0.2) is 15.0 Å². The van der Waals surface area contributed by atoms with E-state index < -0.39 is 0 Å². The van der Waals surface area contributed by atoms with Gasteiger partial charge in [0, 0.05) is 69.5 Å². The molecule has 1 N–H and O–H groups in total. The van der Waals surface area contributed by atoms with E-state index >= 15 is 0 Å². The van der Waals surface area contributed by atoms with Crippen LogP contribution in [0.4, 0.5) is 5.82 Å². The maximum absolute atomic E-state index is 13.5. The van der Waals surface area contributed by atoms with Crippen LogP contribution < -0.4 is 15.6 Å². The Morgan fingerprint density at radius 3 is 2.72 bits per heavy atom. The van der Waals surface area contributed by atoms with Crippen LogP contribution in [0.3, 0.4) is 0 Å². The van der Waals surface area contributed by atoms with E-state index in [1.807, 2.05) is 12.1 Å². The topological polar surface area (TPSA) is 104 Å². The molecule has 3 aromatic rings. The molecule has 0 amide bonds. The lowest BCUT2D eigenvalue weighted by molar-refractivity contribution is 0.0329. The molecule has 194 valence electrons. The molecule has 10 heteroatoms. The molecule has 4 rings (SSSR count). The van der Waals surface area contributed by atoms with Gasteiger partial charge in [0.05, 0.1) is 25.3 Å². The average molecular weight is 497 g/mol. The zero-order chi connectivity index (χ0) is 25.3. The van der Waals surface area contributed by atoms with Crippen molar-refractivity contribution < 1.29 is 14.2 Å². The first-order valence-electron chi connectivity index (χ1n) is 12.6. The van der Waals surface area contributed by atoms with Crippen LogP contribution >= 0.6 is 0 Å². The van der Waals surface area contributed by atoms with Gasteiger partial charge >= 0.3 is 0 Å². The number of piperidine rings is 1. The normalized spacial score (nSPS) is 16.4. The molecule has 0 aromatic carbocycles. The van der Waals surface area contributed by atoms with Crippen molar-refractivity contribution in [2.45, 2.75) is 38.8 Å². The van der Waals surface area contributed by atoms with Crippen molar-refractivity contribution in [3.8, 4) is 17.0 Å². The monoisotopic (exact) mass is 496 g/mol. The van der Waals surface area contributed by atoms with Crippen LogP contribution in [-0.4, -0.2) is 84.1 Å². The van der Waals surface area contributed by atoms with E-state index in [0.717, 1.165) is 50.0 Å². The predicted octanol–water partition coefficient (Wildman–Crippen LogP) is 2.81. The molecule has 36 heavy (non-hydrogen) atoms. The Bertz CT molecular complexity index is 1180. The Balaban J connectivity index is 1.57. The molecule has 1 aliphatic heterocycles. The van der Waals surface area contributed by atoms with Crippen molar-refractivity contribution in [2.75, 3.05) is 58.9 Å². The fourth-order valence-electron chi connectivity index (χ4n) is 4.43. The van der Waals surface area contributed by atoms with E-state index in [1.165, 1.54) is 0 Å². The summed E-state index contributed by atoms with van der Waals surface area (Å²) < 4.78 is 18.1. The number of aromatic nitrogens is 4. The minimum atomic E-state index is -0.178. The fourth-order valence-corrected chi connectivity index (χ4v) is 4.43. The van der Waals surface area contributed by atoms with Gasteiger partial charge in [-0.3, -0.25) is 14.3 Å². The molecule has 10 nitrogen and oxygen atoms in total. The average Bonchev–Trinajstić information content (AvgIpc) is 2.92. The molecule has 1 fully saturated rings. The summed E-state index contributed by atoms with van der Waals surface area (Å²) in [5, 5.41) is 3.25. The zero-order valence-corrected chi connectivity index (χ0v) is 21.4. The van der Waals surface area contributed by atoms with Crippen LogP contribution in [-0.2, 0) is 16.0 Å². The lowest BCUT2D eigenvalue weighted by atomic mass is 10.1. The summed E-state index contributed by atoms with van der Waals surface area (Å²) in [5.74, 6) is 0.849. The summed E-state index contributed by atoms with van der Waals surface area (Å²) in [4.78, 5) is 29.3. The van der Waals surface area contributed by atoms with Crippen LogP contribution in [0.2, 0.25) is 0 Å². The number of methoxy groups -OCH3 is 2. The van der Waals surface area contributed by atoms with Crippen LogP contribution in [0.1, 0.15) is 26.2 Å². The molecule has 1 aliphatic rings. The summed E-state index contributed by atoms with van der Waals surface area (Å²) in [5.41, 5.74) is 2.72. The molecule has 0 radical (unpaired) electrons. The molecule has 3 aromatic heterocycles. The standard InChI is InChI=1S/C26H36N6O4/c1-4-13-36-14-12-32-22-15-20(19-7-8-23(35-3)28-16-19)17-29-24(22)30-25(26(32)33)27-9-11-31-10-5-6-21(18-31)34-2/h7-8,15-17,21H,4-6,9-14,18H2,1-3H3,(H,27,29,30)/t21-/m1/s1. The quantitative estimate of drug-likeness (QED) is 0.379. The summed E-state index contributed by atoms with van der Waals surface area (Å²) in [6, 6.07) is 5.65. The third kappa shape index (κ3) is 6.37. The van der Waals surface area contributed by atoms with Crippen molar-refractivity contribution in [3.05, 3.63) is 40.9 Å². The van der Waals surface area contributed by atoms with Gasteiger partial charge in [0.25, 0.3) is 5.56 Å². The summed E-state index contributed by atoms with van der Waals surface area (Å²) in [6.45, 7) is 6.95. The van der Waals surface area contributed by atoms with Gasteiger partial charge in [-0.1, -0.05) is 6.92 Å². The van der Waals surface area contributed by atoms with E-state index in [-0.39, 0.29) is 11.7 Å². The maximum Gasteiger partial charge on any atom is 0.293 e. The van der Waals surface area contributed by atoms with Crippen molar-refractivity contribution in [1.82, 2.24) is 24.4 Å². The molecule has 0 spiro atoms. The summed E-state index contributed by atoms with van der Waals surface area (Å²) >= 11 is 0. The highest BCUT2D eigenvalue weighted by atomic mass is 16.5. The SMILES string of the molecule is CCCOCCn1c(=O)c(NCCN2CCC[C@@H](OC)C2)nc2ncc(-c3ccc(OC)nc3)cc21. The van der Waals surface area contributed by atoms with E-state index in [4.69, 9.17) is 14.2 Å². The highest BCUT2D eigenvalue weighted by molar-refractivity contribution is 5.78. The Hall–Kier alpha value is -3.08. The van der Waals surface area contributed by atoms with Crippen molar-refractivity contribution >= 4 is 17.0 Å². The number of nitrogens with one attached hydrogen (secondary N) is 1. The number of hydrogen-bond donors (Lipinski definition) is 1. The van der Waals surface area contributed by atoms with Crippen molar-refractivity contribution in [3.63, 3.8) is 0 Å². The number of hydrogen-bond acceptors (Lipinski definition) is 9. The smallest absolute Gasteiger partial charge is 0.293 e. The first-order chi connectivity index (χ1) is 17.6. The second kappa shape index (κ2) is 12.8. The minimum Gasteiger partial charge on any atom is -0.481 e. The van der Waals surface area contributed by atoms with E-state index in [0.29, 0.717) is 49.2 Å². The third-order valence-corrected chi connectivity index (χ3v) is 6.41. The number of nitrogens with zero attached hydrogens (tertiary/aromatic N) is 5. The Kier molecular flexibility index (Phi) is 9.21. The Morgan fingerprint density at radius 2 is 1.97 bits per heavy atom. The van der Waals surface area contributed by atoms with Crippen molar-refractivity contribution in [1.29, 1.82) is 0 Å². The van der Waals surface area contributed by atoms with Crippen LogP contribution in [0.25, 0.3) is 22.3 Å². The lowest BCUT2D eigenvalue weighted by Crippen LogP contribution is -2.41. The largest absolute Gasteiger partial charge is 0.481 e. The van der Waals surface area contributed by atoms with E-state index in [9.17, 15) is 4.79 Å². The summed E-state index contributed by atoms with van der Waals surface area (Å²) in [7, 11) is 3.35. The van der Waals surface area contributed by atoms with Crippen LogP contribution in [0, 0.1) is 0 Å². The van der Waals surface area contributed by atoms with Gasteiger partial charge in [0.2, 0.25) is 5.88 Å². The van der Waals surface area contributed by atoms with Gasteiger partial charge in [0.1, 0.15) is 0 Å². The van der Waals surface area contributed by atoms with E-state index in [1.54, 1.807) is 37.2 Å². The molecule has 0 saturated carbocycles. The van der Waals surface area contributed by atoms with Crippen molar-refractivity contribution in [2.24, 2.45) is 0 Å². The first-order valence-corrected chi connectivity index (χ1v) is 12.6. The number of pyridine rings is 2. The highest BCUT2D eigenvalue weighted by Crippen LogP contribution is 2.23. The molecular weight excluding hydrogens is 460 g/mol. The second-order valence-corrected chi connectivity index (χ2v) is 8.91. The predicted molar refractivity (Wildman–Crippen MR) is 140 cm³/mol. The number of anilines is 1. The van der Waals surface area contributed by atoms with Crippen LogP contribution in [0.15, 0.2) is 35.4 Å². The van der Waals surface area contributed by atoms with Gasteiger partial charge in [-0.05, 0) is 37.9 Å². The number of likely N-dealkylation sites (tertiary alicyclic amines) is 1. The second-order valence-electron chi connectivity index (χ2n) is 8.91. The molecule has 0 aliphatic carbocycles. The lowest BCUT2D eigenvalue weighted by Gasteiger charge is -2.31. The van der Waals surface area contributed by atoms with Gasteiger partial charge in [0.15, 0.2) is 11.5 Å². The number of fused-ring (bicyclic) bond motifs is 1. The molecule has 0 unspecified atom stereocenters. The molecule has 0 bridgehead atoms.